The van der Waals surface area contributed by atoms with Crippen molar-refractivity contribution in [3.05, 3.63) is 91.0 Å². The third-order valence-corrected chi connectivity index (χ3v) is 13.8. The van der Waals surface area contributed by atoms with Crippen LogP contribution in [0.5, 0.6) is 0 Å². The second-order valence-electron chi connectivity index (χ2n) is 10.9. The van der Waals surface area contributed by atoms with Gasteiger partial charge in [0.15, 0.2) is 0 Å². The maximum atomic E-state index is 12.9. The summed E-state index contributed by atoms with van der Waals surface area (Å²) in [5.41, 5.74) is 0. The van der Waals surface area contributed by atoms with E-state index in [1.165, 1.54) is 29.2 Å². The summed E-state index contributed by atoms with van der Waals surface area (Å²) in [6, 6.07) is 30.9. The fourth-order valence-corrected chi connectivity index (χ4v) is 11.3. The molecule has 0 amide bonds. The highest BCUT2D eigenvalue weighted by Gasteiger charge is 2.50. The first kappa shape index (κ1) is 29.1. The van der Waals surface area contributed by atoms with Crippen LogP contribution in [0.3, 0.4) is 0 Å². The molecule has 1 aliphatic heterocycles. The van der Waals surface area contributed by atoms with Gasteiger partial charge in [0.1, 0.15) is 11.4 Å². The van der Waals surface area contributed by atoms with E-state index in [1.807, 2.05) is 42.5 Å². The molecule has 0 bridgehead atoms. The van der Waals surface area contributed by atoms with Crippen molar-refractivity contribution in [2.24, 2.45) is 5.92 Å². The van der Waals surface area contributed by atoms with E-state index >= 15 is 0 Å². The van der Waals surface area contributed by atoms with Gasteiger partial charge in [-0.1, -0.05) is 99.6 Å². The van der Waals surface area contributed by atoms with Crippen LogP contribution >= 0.6 is 11.8 Å². The maximum absolute atomic E-state index is 12.9. The van der Waals surface area contributed by atoms with E-state index < -0.39 is 13.6 Å². The quantitative estimate of drug-likeness (QED) is 0.172. The first-order valence-electron chi connectivity index (χ1n) is 13.5. The molecule has 206 valence electrons. The lowest BCUT2D eigenvalue weighted by atomic mass is 9.94. The molecule has 1 aliphatic rings. The molecule has 1 heterocycles. The van der Waals surface area contributed by atoms with Crippen molar-refractivity contribution in [1.82, 2.24) is 0 Å². The van der Waals surface area contributed by atoms with Crippen molar-refractivity contribution in [3.63, 3.8) is 0 Å². The molecule has 4 rings (SSSR count). The Balaban J connectivity index is 1.51. The molecule has 0 aliphatic carbocycles. The molecule has 5 nitrogen and oxygen atoms in total. The average molecular weight is 563 g/mol. The van der Waals surface area contributed by atoms with Crippen molar-refractivity contribution in [2.45, 2.75) is 61.3 Å². The van der Waals surface area contributed by atoms with Gasteiger partial charge < -0.3 is 13.9 Å². The van der Waals surface area contributed by atoms with Crippen LogP contribution in [0.4, 0.5) is 0 Å². The molecular formula is C32H38O5SSi. The summed E-state index contributed by atoms with van der Waals surface area (Å²) in [5, 5.41) is 1.91. The summed E-state index contributed by atoms with van der Waals surface area (Å²) in [5.74, 6) is -0.857. The highest BCUT2D eigenvalue weighted by Crippen LogP contribution is 2.40. The summed E-state index contributed by atoms with van der Waals surface area (Å²) >= 11 is 1.46. The molecule has 3 aromatic carbocycles. The van der Waals surface area contributed by atoms with Gasteiger partial charge in [0.2, 0.25) is 0 Å². The number of esters is 2. The third kappa shape index (κ3) is 6.65. The number of hydrogen-bond donors (Lipinski definition) is 0. The third-order valence-electron chi connectivity index (χ3n) is 7.37. The molecule has 1 fully saturated rings. The van der Waals surface area contributed by atoms with Crippen LogP contribution in [0.25, 0.3) is 0 Å². The Kier molecular flexibility index (Phi) is 9.70. The van der Waals surface area contributed by atoms with Gasteiger partial charge in [0.05, 0.1) is 13.5 Å². The molecular weight excluding hydrogens is 525 g/mol. The number of thioether (sulfide) groups is 1. The number of methoxy groups -OCH3 is 1. The van der Waals surface area contributed by atoms with Gasteiger partial charge >= 0.3 is 11.9 Å². The molecule has 3 atom stereocenters. The SMILES string of the molecule is COC(=O)C[C@H]1[C@H](Sc2ccccc2)C(=O)O[C@@H]1CCCO[Si](c1ccccc1)(c1ccccc1)C(C)(C)C. The topological polar surface area (TPSA) is 61.8 Å². The first-order valence-corrected chi connectivity index (χ1v) is 16.3. The van der Waals surface area contributed by atoms with Crippen molar-refractivity contribution < 1.29 is 23.5 Å². The van der Waals surface area contributed by atoms with E-state index in [1.54, 1.807) is 0 Å². The molecule has 0 unspecified atom stereocenters. The molecule has 0 N–H and O–H groups in total. The average Bonchev–Trinajstić information content (AvgIpc) is 3.22. The fourth-order valence-electron chi connectivity index (χ4n) is 5.51. The fraction of sp³-hybridized carbons (Fsp3) is 0.375. The van der Waals surface area contributed by atoms with Gasteiger partial charge in [-0.25, -0.2) is 0 Å². The summed E-state index contributed by atoms with van der Waals surface area (Å²) in [7, 11) is -1.26. The van der Waals surface area contributed by atoms with Crippen LogP contribution in [0, 0.1) is 5.92 Å². The number of rotatable bonds is 11. The minimum Gasteiger partial charge on any atom is -0.469 e. The molecule has 0 radical (unpaired) electrons. The number of hydrogen-bond acceptors (Lipinski definition) is 6. The largest absolute Gasteiger partial charge is 0.469 e. The molecule has 0 spiro atoms. The summed E-state index contributed by atoms with van der Waals surface area (Å²) in [6.45, 7) is 7.31. The van der Waals surface area contributed by atoms with Crippen LogP contribution in [0.2, 0.25) is 5.04 Å². The van der Waals surface area contributed by atoms with E-state index in [0.717, 1.165) is 4.90 Å². The van der Waals surface area contributed by atoms with Gasteiger partial charge in [-0.05, 0) is 40.4 Å². The number of carbonyl (C=O) groups is 2. The molecule has 0 saturated carbocycles. The lowest BCUT2D eigenvalue weighted by Crippen LogP contribution is -2.66. The summed E-state index contributed by atoms with van der Waals surface area (Å²) < 4.78 is 17.8. The van der Waals surface area contributed by atoms with Gasteiger partial charge in [-0.15, -0.1) is 11.8 Å². The van der Waals surface area contributed by atoms with Crippen molar-refractivity contribution >= 4 is 42.4 Å². The Morgan fingerprint density at radius 1 is 0.897 bits per heavy atom. The van der Waals surface area contributed by atoms with Crippen LogP contribution in [-0.4, -0.2) is 45.3 Å². The summed E-state index contributed by atoms with van der Waals surface area (Å²) in [4.78, 5) is 26.2. The van der Waals surface area contributed by atoms with Crippen LogP contribution in [0.15, 0.2) is 95.9 Å². The first-order chi connectivity index (χ1) is 18.8. The minimum absolute atomic E-state index is 0.111. The van der Waals surface area contributed by atoms with Crippen molar-refractivity contribution in [2.75, 3.05) is 13.7 Å². The van der Waals surface area contributed by atoms with Gasteiger partial charge in [0.25, 0.3) is 8.32 Å². The smallest absolute Gasteiger partial charge is 0.320 e. The zero-order chi connectivity index (χ0) is 27.9. The Morgan fingerprint density at radius 2 is 1.44 bits per heavy atom. The van der Waals surface area contributed by atoms with Crippen molar-refractivity contribution in [1.29, 1.82) is 0 Å². The van der Waals surface area contributed by atoms with Crippen molar-refractivity contribution in [3.8, 4) is 0 Å². The lowest BCUT2D eigenvalue weighted by molar-refractivity contribution is -0.144. The van der Waals surface area contributed by atoms with Crippen LogP contribution in [0.1, 0.15) is 40.0 Å². The van der Waals surface area contributed by atoms with E-state index in [9.17, 15) is 9.59 Å². The Morgan fingerprint density at radius 3 is 1.95 bits per heavy atom. The van der Waals surface area contributed by atoms with Gasteiger partial charge in [-0.2, -0.15) is 0 Å². The zero-order valence-corrected chi connectivity index (χ0v) is 25.0. The lowest BCUT2D eigenvalue weighted by Gasteiger charge is -2.43. The van der Waals surface area contributed by atoms with Gasteiger partial charge in [0, 0.05) is 17.4 Å². The van der Waals surface area contributed by atoms with Crippen LogP contribution < -0.4 is 10.4 Å². The molecule has 7 heteroatoms. The van der Waals surface area contributed by atoms with Crippen LogP contribution in [-0.2, 0) is 23.5 Å². The van der Waals surface area contributed by atoms with E-state index in [4.69, 9.17) is 13.9 Å². The Labute approximate surface area is 237 Å². The molecule has 0 aromatic heterocycles. The molecule has 3 aromatic rings. The van der Waals surface area contributed by atoms with E-state index in [2.05, 4.69) is 69.3 Å². The number of carbonyl (C=O) groups excluding carboxylic acids is 2. The predicted octanol–water partition coefficient (Wildman–Crippen LogP) is 5.61. The Hall–Kier alpha value is -2.87. The summed E-state index contributed by atoms with van der Waals surface area (Å²) in [6.07, 6.45) is 1.12. The molecule has 1 saturated heterocycles. The standard InChI is InChI=1S/C32H38O5SSi/c1-32(2,3)39(25-17-10-6-11-18-25,26-19-12-7-13-20-26)36-22-14-21-28-27(23-29(33)35-4)30(31(34)37-28)38-24-15-8-5-9-16-24/h5-13,15-20,27-28,30H,14,21-23H2,1-4H3/t27-,28-,30+/m1/s1. The number of ether oxygens (including phenoxy) is 2. The Bertz CT molecular complexity index is 1170. The molecule has 39 heavy (non-hydrogen) atoms. The number of benzene rings is 3. The normalized spacial score (nSPS) is 19.5. The van der Waals surface area contributed by atoms with Gasteiger partial charge in [-0.3, -0.25) is 9.59 Å². The minimum atomic E-state index is -2.64. The second kappa shape index (κ2) is 13.0. The number of cyclic esters (lactones) is 1. The van der Waals surface area contributed by atoms with E-state index in [-0.39, 0.29) is 35.4 Å². The predicted molar refractivity (Wildman–Crippen MR) is 159 cm³/mol. The maximum Gasteiger partial charge on any atom is 0.320 e. The monoisotopic (exact) mass is 562 g/mol. The van der Waals surface area contributed by atoms with E-state index in [0.29, 0.717) is 19.4 Å². The highest BCUT2D eigenvalue weighted by atomic mass is 32.2. The zero-order valence-electron chi connectivity index (χ0n) is 23.2. The highest BCUT2D eigenvalue weighted by molar-refractivity contribution is 8.00. The second-order valence-corrected chi connectivity index (χ2v) is 16.4.